The lowest BCUT2D eigenvalue weighted by Crippen LogP contribution is -2.12. The minimum Gasteiger partial charge on any atom is -0.339 e. The number of thiazole rings is 1. The molecule has 27 heavy (non-hydrogen) atoms. The quantitative estimate of drug-likeness (QED) is 0.552. The highest BCUT2D eigenvalue weighted by Crippen LogP contribution is 2.29. The van der Waals surface area contributed by atoms with Gasteiger partial charge in [0.2, 0.25) is 17.6 Å². The number of nitrogens with zero attached hydrogens (tertiary/aromatic N) is 3. The van der Waals surface area contributed by atoms with Gasteiger partial charge in [-0.3, -0.25) is 4.79 Å². The summed E-state index contributed by atoms with van der Waals surface area (Å²) in [5, 5.41) is 7.44. The molecule has 4 aromatic rings. The Bertz CT molecular complexity index is 1100. The third kappa shape index (κ3) is 3.88. The van der Waals surface area contributed by atoms with Crippen LogP contribution >= 0.6 is 11.3 Å². The molecule has 0 spiro atoms. The topological polar surface area (TPSA) is 80.9 Å². The van der Waals surface area contributed by atoms with Gasteiger partial charge in [-0.15, -0.1) is 0 Å². The van der Waals surface area contributed by atoms with E-state index < -0.39 is 0 Å². The largest absolute Gasteiger partial charge is 0.339 e. The molecule has 1 N–H and O–H groups in total. The summed E-state index contributed by atoms with van der Waals surface area (Å²) in [6, 6.07) is 13.8. The molecule has 0 fully saturated rings. The smallest absolute Gasteiger partial charge is 0.227 e. The molecule has 2 heterocycles. The molecule has 4 rings (SSSR count). The van der Waals surface area contributed by atoms with Crippen LogP contribution in [-0.2, 0) is 11.2 Å². The number of carbonyl (C=O) groups excluding carboxylic acids is 1. The number of hydrogen-bond donors (Lipinski definition) is 1. The van der Waals surface area contributed by atoms with E-state index in [9.17, 15) is 4.79 Å². The average Bonchev–Trinajstić information content (AvgIpc) is 3.27. The lowest BCUT2D eigenvalue weighted by Gasteiger charge is -1.98. The van der Waals surface area contributed by atoms with Crippen LogP contribution in [0.3, 0.4) is 0 Å². The summed E-state index contributed by atoms with van der Waals surface area (Å²) in [7, 11) is 0. The number of nitrogens with one attached hydrogen (secondary N) is 1. The van der Waals surface area contributed by atoms with Crippen LogP contribution in [0, 0.1) is 13.8 Å². The third-order valence-corrected chi connectivity index (χ3v) is 5.06. The Morgan fingerprint density at radius 2 is 1.96 bits per heavy atom. The van der Waals surface area contributed by atoms with Crippen molar-refractivity contribution in [3.05, 3.63) is 59.5 Å². The summed E-state index contributed by atoms with van der Waals surface area (Å²) in [5.74, 6) is 0.852. The number of fused-ring (bicyclic) bond motifs is 1. The van der Waals surface area contributed by atoms with Gasteiger partial charge >= 0.3 is 0 Å². The number of carbonyl (C=O) groups is 1. The Balaban J connectivity index is 1.39. The molecular weight excluding hydrogens is 360 g/mol. The first-order valence-corrected chi connectivity index (χ1v) is 9.46. The lowest BCUT2D eigenvalue weighted by molar-refractivity contribution is -0.116. The highest BCUT2D eigenvalue weighted by atomic mass is 32.1. The lowest BCUT2D eigenvalue weighted by atomic mass is 10.1. The Hall–Kier alpha value is -3.06. The molecule has 0 aliphatic heterocycles. The highest BCUT2D eigenvalue weighted by molar-refractivity contribution is 7.22. The van der Waals surface area contributed by atoms with E-state index in [1.807, 2.05) is 37.3 Å². The summed E-state index contributed by atoms with van der Waals surface area (Å²) in [5.41, 5.74) is 4.12. The number of aromatic nitrogens is 3. The molecule has 0 aliphatic carbocycles. The predicted molar refractivity (Wildman–Crippen MR) is 106 cm³/mol. The second-order valence-electron chi connectivity index (χ2n) is 6.37. The summed E-state index contributed by atoms with van der Waals surface area (Å²) in [6.07, 6.45) is 0.638. The first kappa shape index (κ1) is 17.4. The van der Waals surface area contributed by atoms with Crippen molar-refractivity contribution < 1.29 is 9.32 Å². The Labute approximate surface area is 160 Å². The van der Waals surface area contributed by atoms with Crippen LogP contribution in [0.15, 0.2) is 47.0 Å². The fraction of sp³-hybridized carbons (Fsp3) is 0.200. The van der Waals surface area contributed by atoms with Crippen molar-refractivity contribution in [2.75, 3.05) is 5.32 Å². The molecule has 7 heteroatoms. The molecule has 0 atom stereocenters. The summed E-state index contributed by atoms with van der Waals surface area (Å²) < 4.78 is 6.32. The van der Waals surface area contributed by atoms with Gasteiger partial charge in [0.05, 0.1) is 10.2 Å². The van der Waals surface area contributed by atoms with Crippen LogP contribution < -0.4 is 5.32 Å². The van der Waals surface area contributed by atoms with Gasteiger partial charge in [-0.25, -0.2) is 4.98 Å². The molecule has 136 valence electrons. The second kappa shape index (κ2) is 7.28. The molecule has 0 aliphatic rings. The zero-order chi connectivity index (χ0) is 18.8. The number of aryl methyl sites for hydroxylation is 3. The molecule has 0 saturated heterocycles. The van der Waals surface area contributed by atoms with Gasteiger partial charge in [0, 0.05) is 18.4 Å². The van der Waals surface area contributed by atoms with Crippen LogP contribution in [0.4, 0.5) is 5.13 Å². The van der Waals surface area contributed by atoms with E-state index in [4.69, 9.17) is 4.52 Å². The Morgan fingerprint density at radius 1 is 1.15 bits per heavy atom. The van der Waals surface area contributed by atoms with Crippen molar-refractivity contribution in [1.29, 1.82) is 0 Å². The minimum atomic E-state index is -0.122. The van der Waals surface area contributed by atoms with Gasteiger partial charge in [0.25, 0.3) is 0 Å². The SMILES string of the molecule is Cc1cc(C)c2nc(NC(=O)CCc3nc(-c4ccccc4)no3)sc2c1. The van der Waals surface area contributed by atoms with Crippen molar-refractivity contribution in [2.24, 2.45) is 0 Å². The van der Waals surface area contributed by atoms with Gasteiger partial charge < -0.3 is 9.84 Å². The zero-order valence-electron chi connectivity index (χ0n) is 15.0. The fourth-order valence-corrected chi connectivity index (χ4v) is 3.95. The summed E-state index contributed by atoms with van der Waals surface area (Å²) in [4.78, 5) is 21.1. The van der Waals surface area contributed by atoms with E-state index in [0.29, 0.717) is 23.3 Å². The van der Waals surface area contributed by atoms with Crippen LogP contribution in [-0.4, -0.2) is 21.0 Å². The minimum absolute atomic E-state index is 0.122. The van der Waals surface area contributed by atoms with Gasteiger partial charge in [-0.1, -0.05) is 52.9 Å². The molecule has 0 bridgehead atoms. The van der Waals surface area contributed by atoms with Crippen molar-refractivity contribution in [1.82, 2.24) is 15.1 Å². The van der Waals surface area contributed by atoms with E-state index >= 15 is 0 Å². The number of amides is 1. The van der Waals surface area contributed by atoms with Crippen LogP contribution in [0.25, 0.3) is 21.6 Å². The van der Waals surface area contributed by atoms with Crippen LogP contribution in [0.2, 0.25) is 0 Å². The second-order valence-corrected chi connectivity index (χ2v) is 7.40. The summed E-state index contributed by atoms with van der Waals surface area (Å²) >= 11 is 1.48. The van der Waals surface area contributed by atoms with E-state index in [1.54, 1.807) is 0 Å². The van der Waals surface area contributed by atoms with Crippen LogP contribution in [0.1, 0.15) is 23.4 Å². The maximum atomic E-state index is 12.3. The first-order chi connectivity index (χ1) is 13.1. The summed E-state index contributed by atoms with van der Waals surface area (Å²) in [6.45, 7) is 4.08. The predicted octanol–water partition coefficient (Wildman–Crippen LogP) is 4.53. The average molecular weight is 378 g/mol. The van der Waals surface area contributed by atoms with Crippen molar-refractivity contribution in [2.45, 2.75) is 26.7 Å². The van der Waals surface area contributed by atoms with E-state index in [0.717, 1.165) is 21.3 Å². The molecule has 2 aromatic carbocycles. The maximum Gasteiger partial charge on any atom is 0.227 e. The highest BCUT2D eigenvalue weighted by Gasteiger charge is 2.13. The monoisotopic (exact) mass is 378 g/mol. The van der Waals surface area contributed by atoms with E-state index in [-0.39, 0.29) is 12.3 Å². The van der Waals surface area contributed by atoms with Gasteiger partial charge in [-0.2, -0.15) is 4.98 Å². The third-order valence-electron chi connectivity index (χ3n) is 4.14. The zero-order valence-corrected chi connectivity index (χ0v) is 15.8. The molecule has 1 amide bonds. The Kier molecular flexibility index (Phi) is 4.68. The van der Waals surface area contributed by atoms with E-state index in [1.165, 1.54) is 16.9 Å². The van der Waals surface area contributed by atoms with Gasteiger partial charge in [0.1, 0.15) is 0 Å². The number of rotatable bonds is 5. The number of hydrogen-bond acceptors (Lipinski definition) is 6. The standard InChI is InChI=1S/C20H18N4O2S/c1-12-10-13(2)18-15(11-12)27-20(23-18)21-16(25)8-9-17-22-19(24-26-17)14-6-4-3-5-7-14/h3-7,10-11H,8-9H2,1-2H3,(H,21,23,25). The number of benzene rings is 2. The van der Waals surface area contributed by atoms with E-state index in [2.05, 4.69) is 39.5 Å². The fourth-order valence-electron chi connectivity index (χ4n) is 2.89. The van der Waals surface area contributed by atoms with Crippen molar-refractivity contribution >= 4 is 32.6 Å². The Morgan fingerprint density at radius 3 is 2.78 bits per heavy atom. The molecule has 6 nitrogen and oxygen atoms in total. The number of anilines is 1. The molecule has 0 saturated carbocycles. The molecule has 0 unspecified atom stereocenters. The maximum absolute atomic E-state index is 12.3. The molecule has 2 aromatic heterocycles. The van der Waals surface area contributed by atoms with Gasteiger partial charge in [0.15, 0.2) is 5.13 Å². The normalized spacial score (nSPS) is 11.0. The van der Waals surface area contributed by atoms with Crippen molar-refractivity contribution in [3.63, 3.8) is 0 Å². The molecular formula is C20H18N4O2S. The van der Waals surface area contributed by atoms with Crippen LogP contribution in [0.5, 0.6) is 0 Å². The first-order valence-electron chi connectivity index (χ1n) is 8.64. The van der Waals surface area contributed by atoms with Crippen molar-refractivity contribution in [3.8, 4) is 11.4 Å². The van der Waals surface area contributed by atoms with Gasteiger partial charge in [-0.05, 0) is 31.0 Å². The molecule has 0 radical (unpaired) electrons.